The van der Waals surface area contributed by atoms with E-state index in [9.17, 15) is 12.3 Å². The number of para-hydroxylation sites is 5. The monoisotopic (exact) mass is 1080 g/mol. The first-order valence-corrected chi connectivity index (χ1v) is 29.1. The highest BCUT2D eigenvalue weighted by atomic mass is 15.2. The van der Waals surface area contributed by atoms with Crippen molar-refractivity contribution in [3.8, 4) is 33.6 Å². The van der Waals surface area contributed by atoms with Crippen LogP contribution in [0.15, 0.2) is 266 Å². The Hall–Kier alpha value is -9.32. The molecule has 3 aliphatic carbocycles. The zero-order valence-corrected chi connectivity index (χ0v) is 45.4. The lowest BCUT2D eigenvalue weighted by Gasteiger charge is -2.51. The van der Waals surface area contributed by atoms with Gasteiger partial charge in [-0.15, -0.1) is 0 Å². The largest absolute Gasteiger partial charge is 0.334 e. The molecule has 0 saturated heterocycles. The van der Waals surface area contributed by atoms with Crippen molar-refractivity contribution in [1.29, 1.82) is 0 Å². The van der Waals surface area contributed by atoms with Crippen LogP contribution in [-0.2, 0) is 0 Å². The van der Waals surface area contributed by atoms with E-state index in [0.29, 0.717) is 28.4 Å². The molecule has 3 unspecified atom stereocenters. The molecule has 5 aliphatic rings. The average Bonchev–Trinajstić information content (AvgIpc) is 0.885. The SMILES string of the molecule is [2H]c1cc2c3c(c1)N(C1C(C4CC=CCC4)=CCCC1C1=CCCCC1)c1cc(-n4c5c([2H])c([2H])c([2H])c([2H])c5c5c([2H])c([2H])c([2H])c([2H])c54)ccc1B3c1ccc(-n3c4c([2H])c([2H])c([2H])c([2H])c4c4c([2H])c([2H])c([2H])c([2H])c43)cc1N2c1c(-c2ccccc2)cccc1-c1ccccc1. The van der Waals surface area contributed by atoms with Gasteiger partial charge in [-0.3, -0.25) is 0 Å². The molecule has 2 aliphatic heterocycles. The van der Waals surface area contributed by atoms with E-state index >= 15 is 0 Å². The molecule has 4 heterocycles. The number of allylic oxidation sites excluding steroid dienone is 4. The molecule has 4 nitrogen and oxygen atoms in total. The zero-order valence-electron chi connectivity index (χ0n) is 62.4. The molecule has 0 spiro atoms. The lowest BCUT2D eigenvalue weighted by Crippen LogP contribution is -2.63. The fourth-order valence-electron chi connectivity index (χ4n) is 14.9. The molecule has 0 saturated carbocycles. The quantitative estimate of drug-likeness (QED) is 0.111. The summed E-state index contributed by atoms with van der Waals surface area (Å²) in [5, 5.41) is -0.209. The number of benzene rings is 10. The van der Waals surface area contributed by atoms with Gasteiger partial charge in [0.25, 0.3) is 6.71 Å². The second-order valence-electron chi connectivity index (χ2n) is 22.6. The number of nitrogens with zero attached hydrogens (tertiary/aromatic N) is 4. The van der Waals surface area contributed by atoms with Crippen molar-refractivity contribution in [3.63, 3.8) is 0 Å². The second-order valence-corrected chi connectivity index (χ2v) is 22.6. The van der Waals surface area contributed by atoms with Crippen molar-refractivity contribution in [2.75, 3.05) is 9.80 Å². The molecule has 0 fully saturated rings. The number of fused-ring (bicyclic) bond motifs is 10. The summed E-state index contributed by atoms with van der Waals surface area (Å²) >= 11 is 0. The van der Waals surface area contributed by atoms with Crippen LogP contribution in [0, 0.1) is 11.8 Å². The Labute approximate surface area is 510 Å². The highest BCUT2D eigenvalue weighted by molar-refractivity contribution is 7.00. The fourth-order valence-corrected chi connectivity index (χ4v) is 14.9. The molecule has 10 aromatic carbocycles. The van der Waals surface area contributed by atoms with Gasteiger partial charge < -0.3 is 18.9 Å². The van der Waals surface area contributed by atoms with Crippen LogP contribution in [0.3, 0.4) is 0 Å². The van der Waals surface area contributed by atoms with Crippen molar-refractivity contribution in [2.45, 2.75) is 63.8 Å². The summed E-state index contributed by atoms with van der Waals surface area (Å²) in [5.41, 5.74) is 12.6. The first-order chi connectivity index (χ1) is 48.3. The van der Waals surface area contributed by atoms with E-state index in [2.05, 4.69) is 70.5 Å². The maximum Gasteiger partial charge on any atom is 0.252 e. The third-order valence-electron chi connectivity index (χ3n) is 18.3. The summed E-state index contributed by atoms with van der Waals surface area (Å²) in [6.07, 6.45) is 17.7. The predicted molar refractivity (Wildman–Crippen MR) is 352 cm³/mol. The Balaban J connectivity index is 1.04. The molecule has 0 radical (unpaired) electrons. The molecule has 83 heavy (non-hydrogen) atoms. The second kappa shape index (κ2) is 19.7. The minimum absolute atomic E-state index is 0.0102. The molecular weight excluding hydrogens is 1000 g/mol. The lowest BCUT2D eigenvalue weighted by molar-refractivity contribution is 0.393. The Bertz CT molecular complexity index is 5470. The standard InChI is InChI=1S/C78H63BN4/c1-5-24-52(25-6-1)58-36-21-37-59(53-26-7-2-8-27-53)77(58)82-72-44-23-45-73-76(72)79(66-48-46-56(50-74(66)82)80-68-40-17-13-32-62(68)63-33-14-18-41-69(63)80)67-49-47-57(81-70-42-19-15-34-64(70)65-35-16-20-43-71(65)81)51-75(67)83(73)78-60(54-28-9-3-10-29-54)38-22-39-61(78)55-30-11-4-12-31-55/h1-3,5-9,13-21,23-27,30,32-38,40-51,54,61,78H,4,10-12,22,28-29,31,39H2/i13D,14D,15D,16D,17D,18D,19D,20D,23D,32D,33D,34D,35D,40D,41D,42D,43D. The van der Waals surface area contributed by atoms with Crippen molar-refractivity contribution in [1.82, 2.24) is 9.13 Å². The molecule has 17 rings (SSSR count). The van der Waals surface area contributed by atoms with E-state index in [1.807, 2.05) is 91.0 Å². The molecule has 5 heteroatoms. The lowest BCUT2D eigenvalue weighted by atomic mass is 9.33. The Kier molecular flexibility index (Phi) is 8.12. The van der Waals surface area contributed by atoms with Gasteiger partial charge in [0.2, 0.25) is 0 Å². The summed E-state index contributed by atoms with van der Waals surface area (Å²) in [4.78, 5) is 4.67. The minimum Gasteiger partial charge on any atom is -0.334 e. The van der Waals surface area contributed by atoms with Gasteiger partial charge in [-0.25, -0.2) is 0 Å². The zero-order chi connectivity index (χ0) is 69.3. The van der Waals surface area contributed by atoms with Crippen LogP contribution < -0.4 is 26.2 Å². The van der Waals surface area contributed by atoms with E-state index in [1.54, 1.807) is 4.57 Å². The van der Waals surface area contributed by atoms with Crippen molar-refractivity contribution in [3.05, 3.63) is 266 Å². The van der Waals surface area contributed by atoms with Crippen molar-refractivity contribution >= 4 is 95.1 Å². The molecule has 3 atom stereocenters. The van der Waals surface area contributed by atoms with Crippen LogP contribution in [0.1, 0.15) is 81.1 Å². The molecule has 0 bridgehead atoms. The number of rotatable bonds is 8. The van der Waals surface area contributed by atoms with Crippen LogP contribution in [-0.4, -0.2) is 21.9 Å². The van der Waals surface area contributed by atoms with Gasteiger partial charge >= 0.3 is 0 Å². The van der Waals surface area contributed by atoms with E-state index in [-0.39, 0.29) is 67.5 Å². The summed E-state index contributed by atoms with van der Waals surface area (Å²) < 4.78 is 162. The normalized spacial score (nSPS) is 21.2. The summed E-state index contributed by atoms with van der Waals surface area (Å²) in [5.74, 6) is 0.139. The molecule has 398 valence electrons. The summed E-state index contributed by atoms with van der Waals surface area (Å²) in [7, 11) is 0. The predicted octanol–water partition coefficient (Wildman–Crippen LogP) is 18.5. The van der Waals surface area contributed by atoms with E-state index in [1.165, 1.54) is 15.7 Å². The van der Waals surface area contributed by atoms with Gasteiger partial charge in [0, 0.05) is 72.7 Å². The summed E-state index contributed by atoms with van der Waals surface area (Å²) in [6, 6.07) is 33.9. The first-order valence-electron chi connectivity index (χ1n) is 37.6. The molecule has 0 N–H and O–H groups in total. The summed E-state index contributed by atoms with van der Waals surface area (Å²) in [6.45, 7) is -0.684. The smallest absolute Gasteiger partial charge is 0.252 e. The molecule has 2 aromatic heterocycles. The topological polar surface area (TPSA) is 16.3 Å². The van der Waals surface area contributed by atoms with Crippen molar-refractivity contribution in [2.24, 2.45) is 11.8 Å². The van der Waals surface area contributed by atoms with E-state index in [4.69, 9.17) is 11.0 Å². The highest BCUT2D eigenvalue weighted by Crippen LogP contribution is 2.53. The number of hydrogen-bond acceptors (Lipinski definition) is 2. The Morgan fingerprint density at radius 2 is 1.02 bits per heavy atom. The molecule has 0 amide bonds. The fraction of sp³-hybridized carbons (Fsp3) is 0.154. The van der Waals surface area contributed by atoms with Gasteiger partial charge in [0.1, 0.15) is 0 Å². The van der Waals surface area contributed by atoms with Crippen LogP contribution in [0.5, 0.6) is 0 Å². The maximum atomic E-state index is 10.4. The van der Waals surface area contributed by atoms with Gasteiger partial charge in [-0.1, -0.05) is 199 Å². The van der Waals surface area contributed by atoms with Crippen molar-refractivity contribution < 1.29 is 23.3 Å². The van der Waals surface area contributed by atoms with Gasteiger partial charge in [0.15, 0.2) is 0 Å². The van der Waals surface area contributed by atoms with Crippen LogP contribution in [0.2, 0.25) is 0 Å². The number of hydrogen-bond donors (Lipinski definition) is 0. The van der Waals surface area contributed by atoms with Gasteiger partial charge in [-0.2, -0.15) is 0 Å². The van der Waals surface area contributed by atoms with E-state index < -0.39 is 103 Å². The number of aromatic nitrogens is 2. The minimum atomic E-state index is -0.684. The molecule has 12 aromatic rings. The first kappa shape index (κ1) is 34.2. The molecular formula is C78H63BN4. The third kappa shape index (κ3) is 7.59. The van der Waals surface area contributed by atoms with Crippen LogP contribution in [0.25, 0.3) is 77.2 Å². The average molecular weight is 1080 g/mol. The van der Waals surface area contributed by atoms with E-state index in [0.717, 1.165) is 108 Å². The third-order valence-corrected chi connectivity index (χ3v) is 18.3. The van der Waals surface area contributed by atoms with Gasteiger partial charge in [-0.05, 0) is 157 Å². The highest BCUT2D eigenvalue weighted by Gasteiger charge is 2.48. The van der Waals surface area contributed by atoms with Crippen LogP contribution in [0.4, 0.5) is 28.4 Å². The Morgan fingerprint density at radius 3 is 1.59 bits per heavy atom. The van der Waals surface area contributed by atoms with Gasteiger partial charge in [0.05, 0.1) is 57.1 Å². The number of anilines is 5. The van der Waals surface area contributed by atoms with Crippen LogP contribution >= 0.6 is 0 Å². The Morgan fingerprint density at radius 1 is 0.458 bits per heavy atom. The maximum absolute atomic E-state index is 10.4.